The first-order chi connectivity index (χ1) is 16.0. The van der Waals surface area contributed by atoms with Gasteiger partial charge in [-0.3, -0.25) is 9.59 Å². The molecule has 3 aromatic rings. The van der Waals surface area contributed by atoms with E-state index in [0.717, 1.165) is 52.1 Å². The van der Waals surface area contributed by atoms with E-state index in [2.05, 4.69) is 26.6 Å². The number of hydrogen-bond acceptors (Lipinski definition) is 5. The van der Waals surface area contributed by atoms with Crippen LogP contribution in [0.5, 0.6) is 0 Å². The molecule has 1 saturated heterocycles. The quantitative estimate of drug-likeness (QED) is 0.407. The lowest BCUT2D eigenvalue weighted by atomic mass is 9.97. The molecule has 2 fully saturated rings. The van der Waals surface area contributed by atoms with Crippen molar-refractivity contribution < 1.29 is 14.0 Å². The van der Waals surface area contributed by atoms with Crippen LogP contribution in [0.15, 0.2) is 53.0 Å². The van der Waals surface area contributed by atoms with Crippen LogP contribution in [0.3, 0.4) is 0 Å². The summed E-state index contributed by atoms with van der Waals surface area (Å²) in [4.78, 5) is 32.4. The molecule has 0 radical (unpaired) electrons. The summed E-state index contributed by atoms with van der Waals surface area (Å²) in [6.45, 7) is 0.802. The zero-order valence-electron chi connectivity index (χ0n) is 17.8. The fourth-order valence-corrected chi connectivity index (χ4v) is 5.80. The number of thiazole rings is 1. The minimum atomic E-state index is -0.743. The van der Waals surface area contributed by atoms with Crippen molar-refractivity contribution >= 4 is 39.0 Å². The van der Waals surface area contributed by atoms with Gasteiger partial charge < -0.3 is 10.6 Å². The first-order valence-electron chi connectivity index (χ1n) is 11.1. The number of rotatable bonds is 7. The molecule has 2 atom stereocenters. The van der Waals surface area contributed by atoms with E-state index in [0.29, 0.717) is 17.2 Å². The van der Waals surface area contributed by atoms with Gasteiger partial charge in [-0.15, -0.1) is 11.3 Å². The van der Waals surface area contributed by atoms with Crippen LogP contribution in [0.4, 0.5) is 4.39 Å². The third-order valence-electron chi connectivity index (χ3n) is 6.07. The topological polar surface area (TPSA) is 71.1 Å². The van der Waals surface area contributed by atoms with E-state index < -0.39 is 6.04 Å². The predicted octanol–water partition coefficient (Wildman–Crippen LogP) is 5.32. The molecule has 33 heavy (non-hydrogen) atoms. The lowest BCUT2D eigenvalue weighted by Crippen LogP contribution is -2.52. The first kappa shape index (κ1) is 22.4. The van der Waals surface area contributed by atoms with Crippen molar-refractivity contribution in [1.29, 1.82) is 0 Å². The van der Waals surface area contributed by atoms with Gasteiger partial charge in [0.15, 0.2) is 0 Å². The van der Waals surface area contributed by atoms with Crippen LogP contribution in [-0.4, -0.2) is 35.3 Å². The number of nitrogens with one attached hydrogen (secondary N) is 2. The van der Waals surface area contributed by atoms with Gasteiger partial charge in [0.1, 0.15) is 17.6 Å². The number of hydrogen-bond donors (Lipinski definition) is 2. The molecule has 1 aliphatic heterocycles. The second-order valence-electron chi connectivity index (χ2n) is 8.54. The third kappa shape index (κ3) is 4.93. The molecule has 1 aromatic heterocycles. The number of ketones is 1. The van der Waals surface area contributed by atoms with E-state index >= 15 is 0 Å². The number of aromatic nitrogens is 1. The molecule has 2 N–H and O–H groups in total. The smallest absolute Gasteiger partial charge is 0.251 e. The molecular formula is C25H23BrFN3O2S. The van der Waals surface area contributed by atoms with Gasteiger partial charge in [-0.1, -0.05) is 34.1 Å². The number of halogens is 2. The molecule has 5 nitrogen and oxygen atoms in total. The van der Waals surface area contributed by atoms with Crippen LogP contribution in [0.2, 0.25) is 0 Å². The van der Waals surface area contributed by atoms with Crippen molar-refractivity contribution in [3.05, 3.63) is 75.1 Å². The highest BCUT2D eigenvalue weighted by atomic mass is 79.9. The SMILES string of the molecule is O=C(N[C@H](C(=O)c1nc(C2CC2)sc1-c1ccc(F)cc1)C1CCCN1)c1cccc(Br)c1. The average Bonchev–Trinajstić information content (AvgIpc) is 3.34. The molecule has 1 saturated carbocycles. The molecule has 5 rings (SSSR count). The molecule has 8 heteroatoms. The number of nitrogens with zero attached hydrogens (tertiary/aromatic N) is 1. The van der Waals surface area contributed by atoms with Crippen LogP contribution in [0, 0.1) is 5.82 Å². The van der Waals surface area contributed by atoms with E-state index in [1.165, 1.54) is 23.5 Å². The van der Waals surface area contributed by atoms with Crippen LogP contribution >= 0.6 is 27.3 Å². The van der Waals surface area contributed by atoms with Crippen molar-refractivity contribution in [3.8, 4) is 10.4 Å². The monoisotopic (exact) mass is 527 g/mol. The number of amides is 1. The summed E-state index contributed by atoms with van der Waals surface area (Å²) >= 11 is 4.90. The standard InChI is InChI=1S/C25H23BrFN3O2S/c26-17-4-1-3-16(13-17)24(32)29-20(19-5-2-12-28-19)22(31)21-23(14-8-10-18(27)11-9-14)33-25(30-21)15-6-7-15/h1,3-4,8-11,13,15,19-20,28H,2,5-7,12H2,(H,29,32)/t19?,20-/m0/s1. The lowest BCUT2D eigenvalue weighted by Gasteiger charge is -2.24. The molecule has 0 spiro atoms. The van der Waals surface area contributed by atoms with Gasteiger partial charge in [0, 0.05) is 22.0 Å². The van der Waals surface area contributed by atoms with Crippen molar-refractivity contribution in [1.82, 2.24) is 15.6 Å². The second-order valence-corrected chi connectivity index (χ2v) is 10.5. The number of benzene rings is 2. The Labute approximate surface area is 203 Å². The fraction of sp³-hybridized carbons (Fsp3) is 0.320. The van der Waals surface area contributed by atoms with E-state index in [1.807, 2.05) is 6.07 Å². The fourth-order valence-electron chi connectivity index (χ4n) is 4.15. The third-order valence-corrected chi connectivity index (χ3v) is 7.83. The van der Waals surface area contributed by atoms with Gasteiger partial charge in [0.2, 0.25) is 5.78 Å². The van der Waals surface area contributed by atoms with E-state index in [4.69, 9.17) is 4.98 Å². The summed E-state index contributed by atoms with van der Waals surface area (Å²) in [6, 6.07) is 12.3. The van der Waals surface area contributed by atoms with Crippen molar-refractivity contribution in [2.75, 3.05) is 6.54 Å². The van der Waals surface area contributed by atoms with Gasteiger partial charge in [-0.2, -0.15) is 0 Å². The highest BCUT2D eigenvalue weighted by Gasteiger charge is 2.37. The molecular weight excluding hydrogens is 505 g/mol. The molecule has 0 bridgehead atoms. The summed E-state index contributed by atoms with van der Waals surface area (Å²) in [7, 11) is 0. The molecule has 2 heterocycles. The van der Waals surface area contributed by atoms with Gasteiger partial charge in [-0.05, 0) is 68.1 Å². The zero-order valence-corrected chi connectivity index (χ0v) is 20.2. The largest absolute Gasteiger partial charge is 0.340 e. The van der Waals surface area contributed by atoms with Crippen LogP contribution < -0.4 is 10.6 Å². The molecule has 2 aromatic carbocycles. The Morgan fingerprint density at radius 3 is 2.61 bits per heavy atom. The Hall–Kier alpha value is -2.42. The minimum absolute atomic E-state index is 0.166. The Morgan fingerprint density at radius 2 is 1.94 bits per heavy atom. The summed E-state index contributed by atoms with van der Waals surface area (Å²) in [5.41, 5.74) is 1.61. The highest BCUT2D eigenvalue weighted by molar-refractivity contribution is 9.10. The minimum Gasteiger partial charge on any atom is -0.340 e. The second kappa shape index (κ2) is 9.44. The summed E-state index contributed by atoms with van der Waals surface area (Å²) in [6.07, 6.45) is 3.87. The summed E-state index contributed by atoms with van der Waals surface area (Å²) in [5, 5.41) is 7.28. The number of carbonyl (C=O) groups is 2. The van der Waals surface area contributed by atoms with E-state index in [1.54, 1.807) is 30.3 Å². The Bertz CT molecular complexity index is 1190. The normalized spacial score (nSPS) is 18.8. The van der Waals surface area contributed by atoms with E-state index in [-0.39, 0.29) is 23.5 Å². The zero-order chi connectivity index (χ0) is 22.9. The van der Waals surface area contributed by atoms with E-state index in [9.17, 15) is 14.0 Å². The maximum absolute atomic E-state index is 13.9. The van der Waals surface area contributed by atoms with Crippen LogP contribution in [-0.2, 0) is 0 Å². The number of carbonyl (C=O) groups excluding carboxylic acids is 2. The molecule has 1 amide bonds. The summed E-state index contributed by atoms with van der Waals surface area (Å²) in [5.74, 6) is -0.451. The molecule has 1 aliphatic carbocycles. The van der Waals surface area contributed by atoms with Gasteiger partial charge in [0.25, 0.3) is 5.91 Å². The van der Waals surface area contributed by atoms with Crippen molar-refractivity contribution in [3.63, 3.8) is 0 Å². The predicted molar refractivity (Wildman–Crippen MR) is 130 cm³/mol. The molecule has 170 valence electrons. The Morgan fingerprint density at radius 1 is 1.15 bits per heavy atom. The highest BCUT2D eigenvalue weighted by Crippen LogP contribution is 2.45. The Kier molecular flexibility index (Phi) is 6.40. The lowest BCUT2D eigenvalue weighted by molar-refractivity contribution is 0.0836. The average molecular weight is 528 g/mol. The molecule has 2 aliphatic rings. The maximum atomic E-state index is 13.9. The maximum Gasteiger partial charge on any atom is 0.251 e. The first-order valence-corrected chi connectivity index (χ1v) is 12.7. The molecule has 1 unspecified atom stereocenters. The number of Topliss-reactive ketones (excluding diaryl/α,β-unsaturated/α-hetero) is 1. The Balaban J connectivity index is 1.50. The van der Waals surface area contributed by atoms with Crippen molar-refractivity contribution in [2.45, 2.75) is 43.7 Å². The summed E-state index contributed by atoms with van der Waals surface area (Å²) < 4.78 is 14.3. The van der Waals surface area contributed by atoms with Gasteiger partial charge in [-0.25, -0.2) is 9.37 Å². The van der Waals surface area contributed by atoms with Crippen LogP contribution in [0.1, 0.15) is 57.5 Å². The van der Waals surface area contributed by atoms with Crippen LogP contribution in [0.25, 0.3) is 10.4 Å². The van der Waals surface area contributed by atoms with Gasteiger partial charge in [0.05, 0.1) is 9.88 Å². The van der Waals surface area contributed by atoms with Crippen molar-refractivity contribution in [2.24, 2.45) is 0 Å². The van der Waals surface area contributed by atoms with Gasteiger partial charge >= 0.3 is 0 Å².